The van der Waals surface area contributed by atoms with Gasteiger partial charge < -0.3 is 9.47 Å². The van der Waals surface area contributed by atoms with Crippen LogP contribution in [0.1, 0.15) is 11.3 Å². The van der Waals surface area contributed by atoms with Gasteiger partial charge in [0.05, 0.1) is 23.2 Å². The maximum atomic E-state index is 13.2. The minimum atomic E-state index is -4.85. The first-order chi connectivity index (χ1) is 17.5. The summed E-state index contributed by atoms with van der Waals surface area (Å²) in [5.41, 5.74) is -1.41. The molecule has 2 aromatic carbocycles. The van der Waals surface area contributed by atoms with Gasteiger partial charge in [-0.1, -0.05) is 11.6 Å². The van der Waals surface area contributed by atoms with Crippen LogP contribution in [-0.2, 0) is 22.8 Å². The molecule has 0 spiro atoms. The van der Waals surface area contributed by atoms with Crippen LogP contribution in [0, 0.1) is 6.92 Å². The average molecular weight is 532 g/mol. The second-order valence-electron chi connectivity index (χ2n) is 7.99. The Balaban J connectivity index is 1.81. The van der Waals surface area contributed by atoms with Crippen LogP contribution in [-0.4, -0.2) is 33.2 Å². The Hall–Kier alpha value is -4.19. The lowest BCUT2D eigenvalue weighted by Gasteiger charge is -2.14. The molecule has 192 valence electrons. The fraction of sp³-hybridized carbons (Fsp3) is 0.200. The number of benzene rings is 2. The summed E-state index contributed by atoms with van der Waals surface area (Å²) in [6.07, 6.45) is -2.12. The van der Waals surface area contributed by atoms with Crippen molar-refractivity contribution in [3.05, 3.63) is 86.7 Å². The van der Waals surface area contributed by atoms with E-state index in [1.165, 1.54) is 42.9 Å². The Morgan fingerprint density at radius 3 is 2.59 bits per heavy atom. The topological polar surface area (TPSA) is 92.4 Å². The number of rotatable bonds is 6. The minimum absolute atomic E-state index is 0.0788. The van der Waals surface area contributed by atoms with E-state index in [0.29, 0.717) is 37.6 Å². The number of methoxy groups -OCH3 is 1. The Morgan fingerprint density at radius 2 is 1.89 bits per heavy atom. The zero-order valence-corrected chi connectivity index (χ0v) is 20.6. The number of carbonyl (C=O) groups excluding carboxylic acids is 1. The Morgan fingerprint density at radius 1 is 1.14 bits per heavy atom. The molecule has 0 unspecified atom stereocenters. The smallest absolute Gasteiger partial charge is 0.431 e. The van der Waals surface area contributed by atoms with Gasteiger partial charge >= 0.3 is 17.8 Å². The predicted molar refractivity (Wildman–Crippen MR) is 132 cm³/mol. The number of ether oxygens (including phenoxy) is 2. The number of halogens is 3. The molecule has 0 N–H and O–H groups in total. The minimum Gasteiger partial charge on any atom is -0.489 e. The van der Waals surface area contributed by atoms with Crippen LogP contribution in [0.15, 0.2) is 64.2 Å². The third-order valence-corrected chi connectivity index (χ3v) is 6.33. The van der Waals surface area contributed by atoms with Crippen molar-refractivity contribution in [2.24, 2.45) is 7.05 Å². The van der Waals surface area contributed by atoms with Crippen LogP contribution in [0.3, 0.4) is 0 Å². The summed E-state index contributed by atoms with van der Waals surface area (Å²) < 4.78 is 56.4. The molecule has 0 aliphatic heterocycles. The summed E-state index contributed by atoms with van der Waals surface area (Å²) in [6, 6.07) is 10.5. The second-order valence-corrected chi connectivity index (χ2v) is 8.80. The molecular weight excluding hydrogens is 511 g/mol. The van der Waals surface area contributed by atoms with E-state index in [-0.39, 0.29) is 12.3 Å². The van der Waals surface area contributed by atoms with Gasteiger partial charge in [-0.2, -0.15) is 17.5 Å². The molecule has 0 aliphatic rings. The van der Waals surface area contributed by atoms with Gasteiger partial charge in [-0.05, 0) is 54.9 Å². The summed E-state index contributed by atoms with van der Waals surface area (Å²) >= 11 is 1.18. The Labute approximate surface area is 212 Å². The summed E-state index contributed by atoms with van der Waals surface area (Å²) in [5.74, 6) is -0.0456. The summed E-state index contributed by atoms with van der Waals surface area (Å²) in [7, 11) is 2.23. The highest BCUT2D eigenvalue weighted by atomic mass is 32.1. The number of alkyl halides is 3. The molecule has 0 radical (unpaired) electrons. The SMILES string of the molecule is COC(=O)C=CCOc1ccc(C)cc1-c1nsc2ccc(-n3c(=O)cc(C(F)(F)F)n(C)c3=O)cc12. The van der Waals surface area contributed by atoms with Crippen LogP contribution in [0.4, 0.5) is 13.2 Å². The molecule has 0 bridgehead atoms. The number of esters is 1. The average Bonchev–Trinajstić information content (AvgIpc) is 3.27. The van der Waals surface area contributed by atoms with Crippen LogP contribution >= 0.6 is 11.5 Å². The highest BCUT2D eigenvalue weighted by Crippen LogP contribution is 2.37. The maximum absolute atomic E-state index is 13.2. The van der Waals surface area contributed by atoms with Crippen molar-refractivity contribution in [1.82, 2.24) is 13.5 Å². The fourth-order valence-electron chi connectivity index (χ4n) is 3.70. The largest absolute Gasteiger partial charge is 0.489 e. The van der Waals surface area contributed by atoms with Crippen molar-refractivity contribution in [2.75, 3.05) is 13.7 Å². The van der Waals surface area contributed by atoms with E-state index in [2.05, 4.69) is 9.11 Å². The standard InChI is InChI=1S/C25H20F3N3O5S/c1-14-6-8-18(36-10-4-5-22(33)35-3)16(11-14)23-17-12-15(7-9-19(17)37-29-23)31-21(32)13-20(25(26,27)28)30(2)24(31)34/h4-9,11-13H,10H2,1-3H3. The van der Waals surface area contributed by atoms with Gasteiger partial charge in [-0.25, -0.2) is 14.2 Å². The van der Waals surface area contributed by atoms with Crippen LogP contribution < -0.4 is 16.0 Å². The second kappa shape index (κ2) is 10.1. The van der Waals surface area contributed by atoms with Crippen LogP contribution in [0.25, 0.3) is 27.0 Å². The van der Waals surface area contributed by atoms with Gasteiger partial charge in [-0.15, -0.1) is 0 Å². The third kappa shape index (κ3) is 5.19. The Bertz CT molecular complexity index is 1650. The normalized spacial score (nSPS) is 11.8. The number of fused-ring (bicyclic) bond motifs is 1. The van der Waals surface area contributed by atoms with Crippen molar-refractivity contribution in [3.8, 4) is 22.7 Å². The van der Waals surface area contributed by atoms with E-state index in [0.717, 1.165) is 17.3 Å². The number of nitrogens with zero attached hydrogens (tertiary/aromatic N) is 3. The maximum Gasteiger partial charge on any atom is 0.431 e. The number of aryl methyl sites for hydroxylation is 1. The van der Waals surface area contributed by atoms with E-state index in [9.17, 15) is 27.6 Å². The van der Waals surface area contributed by atoms with Gasteiger partial charge in [0.15, 0.2) is 0 Å². The van der Waals surface area contributed by atoms with Crippen molar-refractivity contribution in [3.63, 3.8) is 0 Å². The summed E-state index contributed by atoms with van der Waals surface area (Å²) in [6.45, 7) is 1.96. The molecule has 0 aliphatic carbocycles. The predicted octanol–water partition coefficient (Wildman–Crippen LogP) is 4.25. The first-order valence-corrected chi connectivity index (χ1v) is 11.6. The van der Waals surface area contributed by atoms with Gasteiger partial charge in [0, 0.05) is 30.1 Å². The van der Waals surface area contributed by atoms with Gasteiger partial charge in [-0.3, -0.25) is 9.36 Å². The van der Waals surface area contributed by atoms with Crippen LogP contribution in [0.5, 0.6) is 5.75 Å². The number of carbonyl (C=O) groups is 1. The van der Waals surface area contributed by atoms with Crippen molar-refractivity contribution < 1.29 is 27.4 Å². The molecule has 8 nitrogen and oxygen atoms in total. The number of aromatic nitrogens is 3. The lowest BCUT2D eigenvalue weighted by molar-refractivity contribution is -0.144. The fourth-order valence-corrected chi connectivity index (χ4v) is 4.47. The first kappa shape index (κ1) is 25.9. The number of hydrogen-bond acceptors (Lipinski definition) is 7. The molecule has 0 saturated carbocycles. The molecule has 4 rings (SSSR count). The zero-order valence-electron chi connectivity index (χ0n) is 19.8. The highest BCUT2D eigenvalue weighted by Gasteiger charge is 2.35. The molecule has 37 heavy (non-hydrogen) atoms. The molecule has 0 amide bonds. The molecule has 12 heteroatoms. The number of hydrogen-bond donors (Lipinski definition) is 0. The zero-order chi connectivity index (χ0) is 26.9. The van der Waals surface area contributed by atoms with Gasteiger partial charge in [0.1, 0.15) is 18.1 Å². The molecule has 0 fully saturated rings. The van der Waals surface area contributed by atoms with E-state index in [1.807, 2.05) is 19.1 Å². The molecule has 2 aromatic heterocycles. The van der Waals surface area contributed by atoms with Crippen LogP contribution in [0.2, 0.25) is 0 Å². The summed E-state index contributed by atoms with van der Waals surface area (Å²) in [5, 5.41) is 0.580. The lowest BCUT2D eigenvalue weighted by Crippen LogP contribution is -2.40. The Kier molecular flexibility index (Phi) is 7.03. The monoisotopic (exact) mass is 531 g/mol. The van der Waals surface area contributed by atoms with Gasteiger partial charge in [0.2, 0.25) is 0 Å². The summed E-state index contributed by atoms with van der Waals surface area (Å²) in [4.78, 5) is 36.6. The van der Waals surface area contributed by atoms with Crippen molar-refractivity contribution in [2.45, 2.75) is 13.1 Å². The first-order valence-electron chi connectivity index (χ1n) is 10.8. The van der Waals surface area contributed by atoms with Crippen molar-refractivity contribution >= 4 is 27.6 Å². The third-order valence-electron chi connectivity index (χ3n) is 5.50. The van der Waals surface area contributed by atoms with Crippen molar-refractivity contribution in [1.29, 1.82) is 0 Å². The van der Waals surface area contributed by atoms with E-state index in [4.69, 9.17) is 4.74 Å². The quantitative estimate of drug-likeness (QED) is 0.273. The van der Waals surface area contributed by atoms with E-state index < -0.39 is 29.1 Å². The molecule has 2 heterocycles. The molecule has 0 atom stereocenters. The molecular formula is C25H20F3N3O5S. The lowest BCUT2D eigenvalue weighted by atomic mass is 10.0. The highest BCUT2D eigenvalue weighted by molar-refractivity contribution is 7.13. The van der Waals surface area contributed by atoms with Gasteiger partial charge in [0.25, 0.3) is 5.56 Å². The molecule has 4 aromatic rings. The van der Waals surface area contributed by atoms with E-state index in [1.54, 1.807) is 12.1 Å². The molecule has 0 saturated heterocycles. The van der Waals surface area contributed by atoms with E-state index >= 15 is 0 Å².